The number of aliphatic hydroxyl groups is 1. The lowest BCUT2D eigenvalue weighted by atomic mass is 9.99. The van der Waals surface area contributed by atoms with Gasteiger partial charge in [-0.3, -0.25) is 0 Å². The summed E-state index contributed by atoms with van der Waals surface area (Å²) < 4.78 is 28.9. The van der Waals surface area contributed by atoms with Crippen LogP contribution in [-0.2, 0) is 20.8 Å². The molecule has 1 fully saturated rings. The van der Waals surface area contributed by atoms with Crippen molar-refractivity contribution in [2.24, 2.45) is 0 Å². The van der Waals surface area contributed by atoms with Crippen LogP contribution in [0.25, 0.3) is 0 Å². The average Bonchev–Trinajstić information content (AvgIpc) is 2.87. The topological polar surface area (TPSA) is 83.5 Å². The Morgan fingerprint density at radius 2 is 1.50 bits per heavy atom. The molecule has 0 bridgehead atoms. The zero-order valence-corrected chi connectivity index (χ0v) is 19.1. The summed E-state index contributed by atoms with van der Waals surface area (Å²) in [5.74, 6) is 0.564. The van der Waals surface area contributed by atoms with Gasteiger partial charge in [-0.15, -0.1) is 0 Å². The van der Waals surface area contributed by atoms with Crippen LogP contribution in [0.5, 0.6) is 11.5 Å². The lowest BCUT2D eigenvalue weighted by Crippen LogP contribution is -2.60. The standard InChI is InChI=1S/C27H28O7/c1-18-24(31-17-19-9-5-3-6-10-19)23(28)25(34-26(29)20-11-7-4-8-12-20)27(32-18)33-22-15-13-21(30-2)14-16-22/h3-16,18,23-25,27-28H,17H2,1-2H3/t18-,23+,24-,25+,27-/m0/s1. The van der Waals surface area contributed by atoms with Crippen LogP contribution in [0.1, 0.15) is 22.8 Å². The zero-order valence-electron chi connectivity index (χ0n) is 19.1. The Bertz CT molecular complexity index is 1040. The molecule has 1 N–H and O–H groups in total. The normalized spacial score (nSPS) is 24.3. The molecule has 1 aliphatic rings. The number of carbonyl (C=O) groups excluding carboxylic acids is 1. The van der Waals surface area contributed by atoms with Gasteiger partial charge in [0.25, 0.3) is 0 Å². The fourth-order valence-corrected chi connectivity index (χ4v) is 3.77. The van der Waals surface area contributed by atoms with Gasteiger partial charge in [0.15, 0.2) is 6.10 Å². The molecule has 34 heavy (non-hydrogen) atoms. The predicted molar refractivity (Wildman–Crippen MR) is 125 cm³/mol. The summed E-state index contributed by atoms with van der Waals surface area (Å²) >= 11 is 0. The molecule has 3 aromatic carbocycles. The minimum atomic E-state index is -1.18. The van der Waals surface area contributed by atoms with E-state index in [2.05, 4.69) is 0 Å². The molecule has 0 spiro atoms. The van der Waals surface area contributed by atoms with Crippen LogP contribution in [0.3, 0.4) is 0 Å². The van der Waals surface area contributed by atoms with E-state index in [-0.39, 0.29) is 6.61 Å². The van der Waals surface area contributed by atoms with Gasteiger partial charge < -0.3 is 28.8 Å². The van der Waals surface area contributed by atoms with Crippen LogP contribution >= 0.6 is 0 Å². The van der Waals surface area contributed by atoms with E-state index in [1.807, 2.05) is 30.3 Å². The smallest absolute Gasteiger partial charge is 0.338 e. The van der Waals surface area contributed by atoms with Crippen LogP contribution in [0.4, 0.5) is 0 Å². The summed E-state index contributed by atoms with van der Waals surface area (Å²) in [6.07, 6.45) is -4.59. The molecule has 5 atom stereocenters. The van der Waals surface area contributed by atoms with Gasteiger partial charge in [0.1, 0.15) is 23.7 Å². The summed E-state index contributed by atoms with van der Waals surface area (Å²) in [5, 5.41) is 11.2. The van der Waals surface area contributed by atoms with E-state index in [4.69, 9.17) is 23.7 Å². The summed E-state index contributed by atoms with van der Waals surface area (Å²) in [6.45, 7) is 2.07. The number of hydrogen-bond donors (Lipinski definition) is 1. The molecule has 0 unspecified atom stereocenters. The fraction of sp³-hybridized carbons (Fsp3) is 0.296. The molecular formula is C27H28O7. The molecule has 1 saturated heterocycles. The quantitative estimate of drug-likeness (QED) is 0.505. The number of ether oxygens (including phenoxy) is 5. The van der Waals surface area contributed by atoms with Crippen molar-refractivity contribution >= 4 is 5.97 Å². The lowest BCUT2D eigenvalue weighted by molar-refractivity contribution is -0.277. The zero-order chi connectivity index (χ0) is 23.9. The molecule has 0 aliphatic carbocycles. The van der Waals surface area contributed by atoms with Crippen LogP contribution in [-0.4, -0.2) is 48.9 Å². The highest BCUT2D eigenvalue weighted by molar-refractivity contribution is 5.89. The van der Waals surface area contributed by atoms with Crippen molar-refractivity contribution < 1.29 is 33.6 Å². The Morgan fingerprint density at radius 1 is 0.882 bits per heavy atom. The number of hydrogen-bond acceptors (Lipinski definition) is 7. The van der Waals surface area contributed by atoms with E-state index >= 15 is 0 Å². The Morgan fingerprint density at radius 3 is 2.15 bits per heavy atom. The first-order valence-electron chi connectivity index (χ1n) is 11.1. The van der Waals surface area contributed by atoms with Crippen molar-refractivity contribution in [1.29, 1.82) is 0 Å². The van der Waals surface area contributed by atoms with Crippen molar-refractivity contribution in [1.82, 2.24) is 0 Å². The molecule has 7 heteroatoms. The third-order valence-electron chi connectivity index (χ3n) is 5.60. The summed E-state index contributed by atoms with van der Waals surface area (Å²) in [6, 6.07) is 25.1. The van der Waals surface area contributed by atoms with Gasteiger partial charge in [-0.25, -0.2) is 4.79 Å². The molecule has 3 aromatic rings. The first kappa shape index (κ1) is 23.8. The maximum absolute atomic E-state index is 12.8. The molecule has 0 aromatic heterocycles. The second-order valence-electron chi connectivity index (χ2n) is 7.99. The molecule has 178 valence electrons. The number of rotatable bonds is 8. The average molecular weight is 465 g/mol. The fourth-order valence-electron chi connectivity index (χ4n) is 3.77. The van der Waals surface area contributed by atoms with Gasteiger partial charge in [0, 0.05) is 0 Å². The Balaban J connectivity index is 1.53. The van der Waals surface area contributed by atoms with Crippen LogP contribution < -0.4 is 9.47 Å². The predicted octanol–water partition coefficient (Wildman–Crippen LogP) is 3.99. The minimum absolute atomic E-state index is 0.277. The third-order valence-corrected chi connectivity index (χ3v) is 5.60. The lowest BCUT2D eigenvalue weighted by Gasteiger charge is -2.42. The molecule has 7 nitrogen and oxygen atoms in total. The Hall–Kier alpha value is -3.39. The van der Waals surface area contributed by atoms with E-state index in [9.17, 15) is 9.90 Å². The highest BCUT2D eigenvalue weighted by Gasteiger charge is 2.48. The number of aliphatic hydroxyl groups excluding tert-OH is 1. The van der Waals surface area contributed by atoms with Gasteiger partial charge in [0.05, 0.1) is 25.4 Å². The summed E-state index contributed by atoms with van der Waals surface area (Å²) in [4.78, 5) is 12.8. The molecule has 0 saturated carbocycles. The summed E-state index contributed by atoms with van der Waals surface area (Å²) in [5.41, 5.74) is 1.31. The molecule has 1 aliphatic heterocycles. The monoisotopic (exact) mass is 464 g/mol. The summed E-state index contributed by atoms with van der Waals surface area (Å²) in [7, 11) is 1.58. The first-order chi connectivity index (χ1) is 16.5. The Kier molecular flexibility index (Phi) is 7.80. The SMILES string of the molecule is COc1ccc(O[C@@H]2O[C@@H](C)[C@H](OCc3ccccc3)[C@@H](O)[C@H]2OC(=O)c2ccccc2)cc1. The third kappa shape index (κ3) is 5.75. The molecule has 1 heterocycles. The maximum Gasteiger partial charge on any atom is 0.338 e. The van der Waals surface area contributed by atoms with E-state index in [1.165, 1.54) is 0 Å². The van der Waals surface area contributed by atoms with E-state index in [0.717, 1.165) is 5.56 Å². The number of carbonyl (C=O) groups is 1. The minimum Gasteiger partial charge on any atom is -0.497 e. The Labute approximate surface area is 198 Å². The number of methoxy groups -OCH3 is 1. The highest BCUT2D eigenvalue weighted by atomic mass is 16.7. The van der Waals surface area contributed by atoms with Gasteiger partial charge in [0.2, 0.25) is 6.29 Å². The number of esters is 1. The van der Waals surface area contributed by atoms with E-state index in [0.29, 0.717) is 17.1 Å². The van der Waals surface area contributed by atoms with Crippen molar-refractivity contribution in [3.63, 3.8) is 0 Å². The second-order valence-corrected chi connectivity index (χ2v) is 7.99. The van der Waals surface area contributed by atoms with Crippen molar-refractivity contribution in [3.8, 4) is 11.5 Å². The number of benzene rings is 3. The van der Waals surface area contributed by atoms with Crippen LogP contribution in [0, 0.1) is 0 Å². The van der Waals surface area contributed by atoms with E-state index < -0.39 is 36.7 Å². The molecule has 0 amide bonds. The first-order valence-corrected chi connectivity index (χ1v) is 11.1. The maximum atomic E-state index is 12.8. The van der Waals surface area contributed by atoms with E-state index in [1.54, 1.807) is 68.6 Å². The van der Waals surface area contributed by atoms with Gasteiger partial charge in [-0.05, 0) is 48.9 Å². The molecule has 0 radical (unpaired) electrons. The second kappa shape index (κ2) is 11.2. The van der Waals surface area contributed by atoms with Crippen LogP contribution in [0.2, 0.25) is 0 Å². The van der Waals surface area contributed by atoms with Crippen LogP contribution in [0.15, 0.2) is 84.9 Å². The van der Waals surface area contributed by atoms with Crippen molar-refractivity contribution in [3.05, 3.63) is 96.1 Å². The van der Waals surface area contributed by atoms with Gasteiger partial charge >= 0.3 is 5.97 Å². The molecular weight excluding hydrogens is 436 g/mol. The van der Waals surface area contributed by atoms with Crippen molar-refractivity contribution in [2.75, 3.05) is 7.11 Å². The van der Waals surface area contributed by atoms with Gasteiger partial charge in [-0.1, -0.05) is 48.5 Å². The van der Waals surface area contributed by atoms with Gasteiger partial charge in [-0.2, -0.15) is 0 Å². The largest absolute Gasteiger partial charge is 0.497 e. The van der Waals surface area contributed by atoms with Crippen molar-refractivity contribution in [2.45, 2.75) is 44.2 Å². The highest BCUT2D eigenvalue weighted by Crippen LogP contribution is 2.30. The molecule has 4 rings (SSSR count).